The number of rotatable bonds is 2. The number of nitrogens with two attached hydrogens (primary N) is 1. The first-order chi connectivity index (χ1) is 5.96. The molecule has 1 aromatic rings. The topological polar surface area (TPSA) is 64.1 Å². The first kappa shape index (κ1) is 10.2. The van der Waals surface area contributed by atoms with E-state index in [2.05, 4.69) is 25.8 Å². The molecule has 1 unspecified atom stereocenters. The fraction of sp³-hybridized carbons (Fsp3) is 0.667. The largest absolute Gasteiger partial charge is 0.385 e. The Morgan fingerprint density at radius 1 is 1.62 bits per heavy atom. The molecule has 1 heterocycles. The summed E-state index contributed by atoms with van der Waals surface area (Å²) < 4.78 is 1.94. The average Bonchev–Trinajstić information content (AvgIpc) is 2.49. The molecule has 0 radical (unpaired) electrons. The van der Waals surface area contributed by atoms with Crippen LogP contribution in [-0.2, 0) is 5.54 Å². The number of aromatic nitrogens is 2. The van der Waals surface area contributed by atoms with Crippen LogP contribution >= 0.6 is 0 Å². The van der Waals surface area contributed by atoms with Gasteiger partial charge in [0.05, 0.1) is 18.2 Å². The monoisotopic (exact) mass is 183 g/mol. The van der Waals surface area contributed by atoms with Gasteiger partial charge in [-0.2, -0.15) is 0 Å². The van der Waals surface area contributed by atoms with Gasteiger partial charge in [0.15, 0.2) is 0 Å². The van der Waals surface area contributed by atoms with Gasteiger partial charge in [-0.05, 0) is 20.8 Å². The van der Waals surface area contributed by atoms with E-state index in [0.717, 1.165) is 5.69 Å². The molecule has 13 heavy (non-hydrogen) atoms. The van der Waals surface area contributed by atoms with Crippen LogP contribution in [-0.4, -0.2) is 21.2 Å². The first-order valence-corrected chi connectivity index (χ1v) is 4.37. The van der Waals surface area contributed by atoms with Gasteiger partial charge in [0.1, 0.15) is 6.10 Å². The minimum absolute atomic E-state index is 0.0675. The van der Waals surface area contributed by atoms with E-state index in [9.17, 15) is 5.11 Å². The highest BCUT2D eigenvalue weighted by Crippen LogP contribution is 2.20. The Hall–Kier alpha value is -0.870. The molecule has 74 valence electrons. The molecule has 1 rings (SSSR count). The summed E-state index contributed by atoms with van der Waals surface area (Å²) in [4.78, 5) is 4.01. The maximum Gasteiger partial charge on any atom is 0.108 e. The summed E-state index contributed by atoms with van der Waals surface area (Å²) in [5.41, 5.74) is 6.09. The van der Waals surface area contributed by atoms with Crippen molar-refractivity contribution < 1.29 is 5.11 Å². The quantitative estimate of drug-likeness (QED) is 0.707. The number of nitrogens with zero attached hydrogens (tertiary/aromatic N) is 2. The number of aliphatic hydroxyl groups is 1. The highest BCUT2D eigenvalue weighted by atomic mass is 16.3. The van der Waals surface area contributed by atoms with E-state index in [0.29, 0.717) is 0 Å². The molecule has 4 heteroatoms. The Balaban J connectivity index is 3.03. The third-order valence-corrected chi connectivity index (χ3v) is 1.95. The van der Waals surface area contributed by atoms with Crippen LogP contribution < -0.4 is 5.73 Å². The zero-order chi connectivity index (χ0) is 10.1. The molecule has 0 aliphatic heterocycles. The molecule has 0 aliphatic carbocycles. The summed E-state index contributed by atoms with van der Waals surface area (Å²) in [6.07, 6.45) is 2.75. The van der Waals surface area contributed by atoms with Crippen LogP contribution in [0.25, 0.3) is 0 Å². The van der Waals surface area contributed by atoms with E-state index in [-0.39, 0.29) is 12.1 Å². The normalized spacial score (nSPS) is 14.5. The lowest BCUT2D eigenvalue weighted by molar-refractivity contribution is 0.169. The third-order valence-electron chi connectivity index (χ3n) is 1.95. The molecular formula is C9H17N3O. The molecule has 3 N–H and O–H groups in total. The maximum absolute atomic E-state index is 9.58. The molecule has 0 saturated heterocycles. The summed E-state index contributed by atoms with van der Waals surface area (Å²) in [7, 11) is 0. The first-order valence-electron chi connectivity index (χ1n) is 4.37. The second-order valence-corrected chi connectivity index (χ2v) is 4.11. The number of hydrogen-bond acceptors (Lipinski definition) is 3. The fourth-order valence-corrected chi connectivity index (χ4v) is 1.23. The standard InChI is InChI=1S/C9H17N3O/c1-9(2,3)12-6-11-5-7(12)8(13)4-10/h5-6,8,13H,4,10H2,1-3H3. The van der Waals surface area contributed by atoms with Gasteiger partial charge in [-0.3, -0.25) is 0 Å². The van der Waals surface area contributed by atoms with Crippen molar-refractivity contribution in [3.05, 3.63) is 18.2 Å². The third kappa shape index (κ3) is 2.08. The van der Waals surface area contributed by atoms with E-state index < -0.39 is 6.10 Å². The maximum atomic E-state index is 9.58. The average molecular weight is 183 g/mol. The number of aliphatic hydroxyl groups excluding tert-OH is 1. The van der Waals surface area contributed by atoms with Crippen LogP contribution in [0.4, 0.5) is 0 Å². The van der Waals surface area contributed by atoms with Gasteiger partial charge >= 0.3 is 0 Å². The number of imidazole rings is 1. The van der Waals surface area contributed by atoms with Crippen molar-refractivity contribution in [3.63, 3.8) is 0 Å². The molecule has 1 aromatic heterocycles. The molecule has 0 spiro atoms. The zero-order valence-electron chi connectivity index (χ0n) is 8.36. The minimum atomic E-state index is -0.623. The van der Waals surface area contributed by atoms with Crippen LogP contribution in [0.1, 0.15) is 32.6 Å². The predicted octanol–water partition coefficient (Wildman–Crippen LogP) is 0.630. The lowest BCUT2D eigenvalue weighted by atomic mass is 10.1. The van der Waals surface area contributed by atoms with Crippen molar-refractivity contribution in [1.82, 2.24) is 9.55 Å². The Kier molecular flexibility index (Phi) is 2.73. The molecule has 0 aromatic carbocycles. The van der Waals surface area contributed by atoms with Gasteiger partial charge in [0.25, 0.3) is 0 Å². The second kappa shape index (κ2) is 3.47. The van der Waals surface area contributed by atoms with E-state index in [1.54, 1.807) is 12.5 Å². The van der Waals surface area contributed by atoms with Crippen molar-refractivity contribution in [3.8, 4) is 0 Å². The molecule has 0 amide bonds. The van der Waals surface area contributed by atoms with Crippen molar-refractivity contribution in [2.45, 2.75) is 32.4 Å². The fourth-order valence-electron chi connectivity index (χ4n) is 1.23. The van der Waals surface area contributed by atoms with E-state index in [1.807, 2.05) is 4.57 Å². The Bertz CT molecular complexity index is 275. The SMILES string of the molecule is CC(C)(C)n1cncc1C(O)CN. The molecule has 1 atom stereocenters. The van der Waals surface area contributed by atoms with Gasteiger partial charge in [-0.15, -0.1) is 0 Å². The van der Waals surface area contributed by atoms with Gasteiger partial charge in [-0.1, -0.05) is 0 Å². The van der Waals surface area contributed by atoms with Gasteiger partial charge < -0.3 is 15.4 Å². The van der Waals surface area contributed by atoms with Crippen molar-refractivity contribution in [2.24, 2.45) is 5.73 Å². The highest BCUT2D eigenvalue weighted by Gasteiger charge is 2.19. The van der Waals surface area contributed by atoms with E-state index in [4.69, 9.17) is 5.73 Å². The van der Waals surface area contributed by atoms with E-state index in [1.165, 1.54) is 0 Å². The molecule has 4 nitrogen and oxygen atoms in total. The summed E-state index contributed by atoms with van der Waals surface area (Å²) in [6, 6.07) is 0. The zero-order valence-corrected chi connectivity index (χ0v) is 8.36. The summed E-state index contributed by atoms with van der Waals surface area (Å²) >= 11 is 0. The van der Waals surface area contributed by atoms with Gasteiger partial charge in [0, 0.05) is 12.1 Å². The summed E-state index contributed by atoms with van der Waals surface area (Å²) in [5, 5.41) is 9.58. The number of hydrogen-bond donors (Lipinski definition) is 2. The Morgan fingerprint density at radius 2 is 2.23 bits per heavy atom. The van der Waals surface area contributed by atoms with Crippen LogP contribution in [0, 0.1) is 0 Å². The molecule has 0 saturated carbocycles. The Morgan fingerprint density at radius 3 is 2.69 bits per heavy atom. The van der Waals surface area contributed by atoms with Crippen molar-refractivity contribution in [1.29, 1.82) is 0 Å². The van der Waals surface area contributed by atoms with Crippen molar-refractivity contribution in [2.75, 3.05) is 6.54 Å². The molecule has 0 fully saturated rings. The van der Waals surface area contributed by atoms with Gasteiger partial charge in [0.2, 0.25) is 0 Å². The van der Waals surface area contributed by atoms with Gasteiger partial charge in [-0.25, -0.2) is 4.98 Å². The van der Waals surface area contributed by atoms with Crippen LogP contribution in [0.15, 0.2) is 12.5 Å². The Labute approximate surface area is 78.4 Å². The summed E-state index contributed by atoms with van der Waals surface area (Å²) in [5.74, 6) is 0. The molecular weight excluding hydrogens is 166 g/mol. The van der Waals surface area contributed by atoms with Crippen LogP contribution in [0.3, 0.4) is 0 Å². The highest BCUT2D eigenvalue weighted by molar-refractivity contribution is 5.06. The summed E-state index contributed by atoms with van der Waals surface area (Å²) in [6.45, 7) is 6.39. The smallest absolute Gasteiger partial charge is 0.108 e. The molecule has 0 bridgehead atoms. The van der Waals surface area contributed by atoms with Crippen LogP contribution in [0.5, 0.6) is 0 Å². The minimum Gasteiger partial charge on any atom is -0.385 e. The van der Waals surface area contributed by atoms with Crippen LogP contribution in [0.2, 0.25) is 0 Å². The lowest BCUT2D eigenvalue weighted by Gasteiger charge is -2.25. The predicted molar refractivity (Wildman–Crippen MR) is 51.2 cm³/mol. The second-order valence-electron chi connectivity index (χ2n) is 4.11. The molecule has 0 aliphatic rings. The van der Waals surface area contributed by atoms with Crippen molar-refractivity contribution >= 4 is 0 Å². The lowest BCUT2D eigenvalue weighted by Crippen LogP contribution is -2.26. The van der Waals surface area contributed by atoms with E-state index >= 15 is 0 Å².